The molecule has 0 bridgehead atoms. The number of imidazole rings is 1. The van der Waals surface area contributed by atoms with E-state index >= 15 is 0 Å². The fourth-order valence-corrected chi connectivity index (χ4v) is 1.58. The highest BCUT2D eigenvalue weighted by Gasteiger charge is 2.42. The zero-order valence-electron chi connectivity index (χ0n) is 8.10. The molecule has 2 heterocycles. The summed E-state index contributed by atoms with van der Waals surface area (Å²) in [6, 6.07) is 1.70. The van der Waals surface area contributed by atoms with Crippen molar-refractivity contribution in [3.8, 4) is 6.07 Å². The van der Waals surface area contributed by atoms with E-state index in [4.69, 9.17) is 5.26 Å². The van der Waals surface area contributed by atoms with Crippen LogP contribution in [0.3, 0.4) is 0 Å². The highest BCUT2D eigenvalue weighted by Crippen LogP contribution is 2.11. The normalized spacial score (nSPS) is 19.3. The summed E-state index contributed by atoms with van der Waals surface area (Å²) < 4.78 is 3.04. The molecule has 0 saturated heterocycles. The molecule has 0 fully saturated rings. The first-order chi connectivity index (χ1) is 7.19. The Hall–Kier alpha value is -2.16. The molecule has 1 aliphatic rings. The van der Waals surface area contributed by atoms with E-state index in [-0.39, 0.29) is 0 Å². The van der Waals surface area contributed by atoms with Crippen molar-refractivity contribution in [2.24, 2.45) is 5.92 Å². The molecular formula is C9H9N4O2+. The molecule has 0 aliphatic carbocycles. The molecule has 6 nitrogen and oxygen atoms in total. The number of fused-ring (bicyclic) bond motifs is 1. The average Bonchev–Trinajstić information content (AvgIpc) is 2.61. The van der Waals surface area contributed by atoms with E-state index in [9.17, 15) is 9.59 Å². The third-order valence-electron chi connectivity index (χ3n) is 2.34. The van der Waals surface area contributed by atoms with Gasteiger partial charge in [0, 0.05) is 0 Å². The van der Waals surface area contributed by atoms with Crippen LogP contribution in [0.2, 0.25) is 0 Å². The minimum absolute atomic E-state index is 0.337. The van der Waals surface area contributed by atoms with Gasteiger partial charge in [-0.25, -0.2) is 4.57 Å². The lowest BCUT2D eigenvalue weighted by molar-refractivity contribution is -0.694. The number of carbonyl (C=O) groups excluding carboxylic acids is 2. The Labute approximate surface area is 85.7 Å². The average molecular weight is 205 g/mol. The first kappa shape index (κ1) is 9.40. The van der Waals surface area contributed by atoms with Gasteiger partial charge in [0.15, 0.2) is 12.1 Å². The molecule has 0 radical (unpaired) electrons. The van der Waals surface area contributed by atoms with Crippen molar-refractivity contribution in [2.45, 2.75) is 13.5 Å². The Bertz CT molecular complexity index is 483. The number of Topliss-reactive ketones (excluding diaryl/α,β-unsaturated/α-hetero) is 1. The van der Waals surface area contributed by atoms with Gasteiger partial charge in [0.05, 0.1) is 12.6 Å². The Morgan fingerprint density at radius 1 is 1.67 bits per heavy atom. The number of rotatable bonds is 1. The zero-order chi connectivity index (χ0) is 11.0. The van der Waals surface area contributed by atoms with Gasteiger partial charge in [-0.2, -0.15) is 10.7 Å². The second-order valence-electron chi connectivity index (χ2n) is 3.18. The molecular weight excluding hydrogens is 196 g/mol. The second kappa shape index (κ2) is 3.20. The third kappa shape index (κ3) is 1.21. The van der Waals surface area contributed by atoms with Crippen LogP contribution in [0.1, 0.15) is 17.5 Å². The van der Waals surface area contributed by atoms with Gasteiger partial charge in [0.25, 0.3) is 11.7 Å². The summed E-state index contributed by atoms with van der Waals surface area (Å²) in [5.74, 6) is -1.92. The van der Waals surface area contributed by atoms with E-state index in [0.717, 1.165) is 0 Å². The quantitative estimate of drug-likeness (QED) is 0.481. The van der Waals surface area contributed by atoms with Gasteiger partial charge in [0.2, 0.25) is 0 Å². The number of hydrogen-bond donors (Lipinski definition) is 1. The molecule has 76 valence electrons. The molecule has 1 N–H and O–H groups in total. The standard InChI is InChI=1S/C9H8N4O2/c1-2-12-3-4-13-9(12)7(14)6(5-10)8(15)11-13/h3-4,6H,2H2,1H3/p+1. The molecule has 0 aromatic carbocycles. The summed E-state index contributed by atoms with van der Waals surface area (Å²) >= 11 is 0. The van der Waals surface area contributed by atoms with Crippen LogP contribution in [0.25, 0.3) is 0 Å². The van der Waals surface area contributed by atoms with Crippen LogP contribution in [0.5, 0.6) is 0 Å². The van der Waals surface area contributed by atoms with Crippen LogP contribution in [-0.2, 0) is 11.3 Å². The van der Waals surface area contributed by atoms with Crippen LogP contribution in [-0.4, -0.2) is 16.4 Å². The van der Waals surface area contributed by atoms with Crippen molar-refractivity contribution in [1.82, 2.24) is 4.68 Å². The second-order valence-corrected chi connectivity index (χ2v) is 3.18. The minimum atomic E-state index is -1.23. The Kier molecular flexibility index (Phi) is 2.01. The van der Waals surface area contributed by atoms with Crippen LogP contribution in [0.15, 0.2) is 12.4 Å². The summed E-state index contributed by atoms with van der Waals surface area (Å²) in [4.78, 5) is 23.1. The predicted molar refractivity (Wildman–Crippen MR) is 48.1 cm³/mol. The maximum Gasteiger partial charge on any atom is 0.351 e. The van der Waals surface area contributed by atoms with E-state index in [1.165, 1.54) is 4.68 Å². The maximum absolute atomic E-state index is 11.8. The number of amides is 1. The maximum atomic E-state index is 11.8. The molecule has 0 saturated carbocycles. The van der Waals surface area contributed by atoms with Gasteiger partial charge >= 0.3 is 5.82 Å². The molecule has 15 heavy (non-hydrogen) atoms. The Balaban J connectivity index is 2.55. The molecule has 1 amide bonds. The fourth-order valence-electron chi connectivity index (χ4n) is 1.58. The zero-order valence-corrected chi connectivity index (χ0v) is 8.10. The predicted octanol–water partition coefficient (Wildman–Crippen LogP) is -0.798. The van der Waals surface area contributed by atoms with Crippen molar-refractivity contribution in [3.63, 3.8) is 0 Å². The highest BCUT2D eigenvalue weighted by molar-refractivity contribution is 6.14. The number of ketones is 1. The molecule has 6 heteroatoms. The van der Waals surface area contributed by atoms with E-state index in [1.807, 2.05) is 6.92 Å². The van der Waals surface area contributed by atoms with Gasteiger partial charge in [0.1, 0.15) is 6.20 Å². The molecule has 1 aromatic heterocycles. The van der Waals surface area contributed by atoms with Gasteiger partial charge in [-0.1, -0.05) is 0 Å². The largest absolute Gasteiger partial charge is 0.351 e. The summed E-state index contributed by atoms with van der Waals surface area (Å²) in [6.07, 6.45) is 3.27. The van der Waals surface area contributed by atoms with Gasteiger partial charge in [-0.3, -0.25) is 9.59 Å². The van der Waals surface area contributed by atoms with Gasteiger partial charge in [-0.05, 0) is 6.92 Å². The van der Waals surface area contributed by atoms with Gasteiger partial charge in [-0.15, -0.1) is 4.68 Å². The monoisotopic (exact) mass is 205 g/mol. The molecule has 1 unspecified atom stereocenters. The van der Waals surface area contributed by atoms with E-state index in [0.29, 0.717) is 12.4 Å². The topological polar surface area (TPSA) is 78.8 Å². The summed E-state index contributed by atoms with van der Waals surface area (Å²) in [5.41, 5.74) is 2.46. The molecule has 1 aliphatic heterocycles. The van der Waals surface area contributed by atoms with Crippen molar-refractivity contribution in [2.75, 3.05) is 5.43 Å². The fraction of sp³-hybridized carbons (Fsp3) is 0.333. The van der Waals surface area contributed by atoms with Crippen LogP contribution >= 0.6 is 0 Å². The number of aromatic nitrogens is 2. The SMILES string of the molecule is CC[n+]1ccn2c1C(=O)C(C#N)C(=O)N2. The Morgan fingerprint density at radius 2 is 2.40 bits per heavy atom. The third-order valence-corrected chi connectivity index (χ3v) is 2.34. The van der Waals surface area contributed by atoms with Crippen molar-refractivity contribution in [3.05, 3.63) is 18.2 Å². The molecule has 1 atom stereocenters. The van der Waals surface area contributed by atoms with Crippen molar-refractivity contribution >= 4 is 11.7 Å². The van der Waals surface area contributed by atoms with Crippen LogP contribution in [0.4, 0.5) is 0 Å². The number of nitrogens with zero attached hydrogens (tertiary/aromatic N) is 3. The smallest absolute Gasteiger partial charge is 0.283 e. The number of carbonyl (C=O) groups is 2. The van der Waals surface area contributed by atoms with E-state index in [2.05, 4.69) is 5.43 Å². The summed E-state index contributed by atoms with van der Waals surface area (Å²) in [5, 5.41) is 8.71. The summed E-state index contributed by atoms with van der Waals surface area (Å²) in [7, 11) is 0. The lowest BCUT2D eigenvalue weighted by Gasteiger charge is -2.12. The van der Waals surface area contributed by atoms with E-state index < -0.39 is 17.6 Å². The van der Waals surface area contributed by atoms with Gasteiger partial charge < -0.3 is 0 Å². The van der Waals surface area contributed by atoms with Crippen LogP contribution in [0, 0.1) is 17.2 Å². The number of hydrogen-bond acceptors (Lipinski definition) is 3. The minimum Gasteiger partial charge on any atom is -0.283 e. The van der Waals surface area contributed by atoms with Crippen molar-refractivity contribution < 1.29 is 14.2 Å². The van der Waals surface area contributed by atoms with E-state index in [1.54, 1.807) is 23.0 Å². The molecule has 1 aromatic rings. The number of nitriles is 1. The number of aryl methyl sites for hydroxylation is 1. The number of nitrogens with one attached hydrogen (secondary N) is 1. The lowest BCUT2D eigenvalue weighted by atomic mass is 10.0. The highest BCUT2D eigenvalue weighted by atomic mass is 16.2. The molecule has 0 spiro atoms. The van der Waals surface area contributed by atoms with Crippen LogP contribution < -0.4 is 9.99 Å². The molecule has 2 rings (SSSR count). The van der Waals surface area contributed by atoms with Crippen molar-refractivity contribution in [1.29, 1.82) is 5.26 Å². The first-order valence-electron chi connectivity index (χ1n) is 4.54. The Morgan fingerprint density at radius 3 is 3.00 bits per heavy atom. The first-order valence-corrected chi connectivity index (χ1v) is 4.54. The lowest BCUT2D eigenvalue weighted by Crippen LogP contribution is -2.49. The summed E-state index contributed by atoms with van der Waals surface area (Å²) in [6.45, 7) is 2.49.